The van der Waals surface area contributed by atoms with E-state index < -0.39 is 11.9 Å². The minimum Gasteiger partial charge on any atom is -0.464 e. The fourth-order valence-electron chi connectivity index (χ4n) is 3.47. The number of nitrogens with zero attached hydrogens (tertiary/aromatic N) is 5. The molecule has 3 rings (SSSR count). The Hall–Kier alpha value is -2.94. The number of piperazine rings is 1. The van der Waals surface area contributed by atoms with Crippen LogP contribution >= 0.6 is 0 Å². The van der Waals surface area contributed by atoms with Crippen molar-refractivity contribution in [3.63, 3.8) is 0 Å². The van der Waals surface area contributed by atoms with Crippen LogP contribution in [0.4, 0.5) is 5.69 Å². The third-order valence-electron chi connectivity index (χ3n) is 5.08. The number of benzene rings is 1. The van der Waals surface area contributed by atoms with Crippen LogP contribution in [0.1, 0.15) is 33.8 Å². The zero-order chi connectivity index (χ0) is 20.6. The summed E-state index contributed by atoms with van der Waals surface area (Å²) in [5.74, 6) is -1.35. The molecule has 0 atom stereocenters. The lowest BCUT2D eigenvalue weighted by Crippen LogP contribution is -2.46. The molecule has 29 heavy (non-hydrogen) atoms. The van der Waals surface area contributed by atoms with E-state index in [0.717, 1.165) is 45.6 Å². The molecule has 0 unspecified atom stereocenters. The number of carbonyl (C=O) groups is 2. The van der Waals surface area contributed by atoms with Crippen molar-refractivity contribution in [3.05, 3.63) is 41.7 Å². The van der Waals surface area contributed by atoms with Gasteiger partial charge in [-0.3, -0.25) is 4.90 Å². The van der Waals surface area contributed by atoms with E-state index in [4.69, 9.17) is 4.74 Å². The van der Waals surface area contributed by atoms with Crippen LogP contribution in [-0.2, 0) is 16.0 Å². The average Bonchev–Trinajstić information content (AvgIpc) is 3.20. The van der Waals surface area contributed by atoms with E-state index in [2.05, 4.69) is 49.1 Å². The highest BCUT2D eigenvalue weighted by molar-refractivity contribution is 6.00. The van der Waals surface area contributed by atoms with Crippen molar-refractivity contribution in [1.29, 1.82) is 0 Å². The number of anilines is 1. The molecule has 156 valence electrons. The zero-order valence-corrected chi connectivity index (χ0v) is 16.9. The molecule has 2 heterocycles. The summed E-state index contributed by atoms with van der Waals surface area (Å²) < 4.78 is 10.8. The summed E-state index contributed by atoms with van der Waals surface area (Å²) in [5.41, 5.74) is 1.20. The van der Waals surface area contributed by atoms with Crippen LogP contribution in [0.2, 0.25) is 0 Å². The molecule has 0 spiro atoms. The van der Waals surface area contributed by atoms with E-state index >= 15 is 0 Å². The summed E-state index contributed by atoms with van der Waals surface area (Å²) in [7, 11) is 2.50. The van der Waals surface area contributed by atoms with Crippen LogP contribution in [0.25, 0.3) is 0 Å². The number of ether oxygens (including phenoxy) is 2. The number of aryl methyl sites for hydroxylation is 1. The SMILES string of the molecule is COC(=O)c1nnn(CCCCN2CCN(c3ccccc3)CC2)c1C(=O)OC. The molecule has 2 aromatic rings. The van der Waals surface area contributed by atoms with Gasteiger partial charge in [0.05, 0.1) is 14.2 Å². The standard InChI is InChI=1S/C20H27N5O4/c1-28-19(26)17-18(20(27)29-2)25(22-21-17)11-7-6-10-23-12-14-24(15-13-23)16-8-4-3-5-9-16/h3-5,8-9H,6-7,10-15H2,1-2H3. The first-order chi connectivity index (χ1) is 14.1. The largest absolute Gasteiger partial charge is 0.464 e. The monoisotopic (exact) mass is 401 g/mol. The summed E-state index contributed by atoms with van der Waals surface area (Å²) in [4.78, 5) is 28.6. The number of para-hydroxylation sites is 1. The second kappa shape index (κ2) is 10.0. The van der Waals surface area contributed by atoms with Gasteiger partial charge in [0.15, 0.2) is 5.69 Å². The molecule has 9 heteroatoms. The number of aromatic nitrogens is 3. The molecule has 1 saturated heterocycles. The molecular formula is C20H27N5O4. The highest BCUT2D eigenvalue weighted by Crippen LogP contribution is 2.16. The fourth-order valence-corrected chi connectivity index (χ4v) is 3.47. The van der Waals surface area contributed by atoms with Gasteiger partial charge in [-0.25, -0.2) is 14.3 Å². The van der Waals surface area contributed by atoms with Crippen molar-refractivity contribution in [2.45, 2.75) is 19.4 Å². The Kier molecular flexibility index (Phi) is 7.18. The van der Waals surface area contributed by atoms with Gasteiger partial charge in [0.1, 0.15) is 0 Å². The lowest BCUT2D eigenvalue weighted by atomic mass is 10.2. The van der Waals surface area contributed by atoms with Gasteiger partial charge in [0, 0.05) is 38.4 Å². The fraction of sp³-hybridized carbons (Fsp3) is 0.500. The number of rotatable bonds is 8. The first-order valence-corrected chi connectivity index (χ1v) is 9.76. The highest BCUT2D eigenvalue weighted by Gasteiger charge is 2.26. The van der Waals surface area contributed by atoms with Crippen molar-refractivity contribution in [2.75, 3.05) is 51.8 Å². The van der Waals surface area contributed by atoms with Gasteiger partial charge in [0.2, 0.25) is 5.69 Å². The first kappa shape index (κ1) is 20.8. The molecule has 0 aliphatic carbocycles. The van der Waals surface area contributed by atoms with Crippen molar-refractivity contribution in [3.8, 4) is 0 Å². The van der Waals surface area contributed by atoms with Crippen molar-refractivity contribution in [1.82, 2.24) is 19.9 Å². The molecule has 1 aromatic carbocycles. The van der Waals surface area contributed by atoms with Gasteiger partial charge in [-0.2, -0.15) is 0 Å². The van der Waals surface area contributed by atoms with Gasteiger partial charge in [-0.15, -0.1) is 5.10 Å². The smallest absolute Gasteiger partial charge is 0.361 e. The lowest BCUT2D eigenvalue weighted by Gasteiger charge is -2.36. The molecule has 0 saturated carbocycles. The summed E-state index contributed by atoms with van der Waals surface area (Å²) in [6.07, 6.45) is 1.77. The number of hydrogen-bond acceptors (Lipinski definition) is 8. The van der Waals surface area contributed by atoms with E-state index in [1.807, 2.05) is 6.07 Å². The van der Waals surface area contributed by atoms with Gasteiger partial charge >= 0.3 is 11.9 Å². The molecule has 1 aromatic heterocycles. The van der Waals surface area contributed by atoms with Crippen molar-refractivity contribution >= 4 is 17.6 Å². The molecule has 1 aliphatic rings. The summed E-state index contributed by atoms with van der Waals surface area (Å²) >= 11 is 0. The molecule has 0 N–H and O–H groups in total. The molecular weight excluding hydrogens is 374 g/mol. The second-order valence-electron chi connectivity index (χ2n) is 6.86. The molecule has 0 amide bonds. The van der Waals surface area contributed by atoms with E-state index in [1.165, 1.54) is 24.6 Å². The predicted octanol–water partition coefficient (Wildman–Crippen LogP) is 1.45. The Labute approximate surface area is 170 Å². The molecule has 9 nitrogen and oxygen atoms in total. The van der Waals surface area contributed by atoms with Gasteiger partial charge in [0.25, 0.3) is 0 Å². The summed E-state index contributed by atoms with van der Waals surface area (Å²) in [6, 6.07) is 10.5. The van der Waals surface area contributed by atoms with Gasteiger partial charge in [-0.1, -0.05) is 23.4 Å². The Balaban J connectivity index is 1.46. The molecule has 1 fully saturated rings. The quantitative estimate of drug-likeness (QED) is 0.485. The number of unbranched alkanes of at least 4 members (excludes halogenated alkanes) is 1. The van der Waals surface area contributed by atoms with Gasteiger partial charge in [-0.05, 0) is 31.5 Å². The van der Waals surface area contributed by atoms with E-state index in [0.29, 0.717) is 6.54 Å². The van der Waals surface area contributed by atoms with E-state index in [-0.39, 0.29) is 11.4 Å². The lowest BCUT2D eigenvalue weighted by molar-refractivity contribution is 0.0543. The first-order valence-electron chi connectivity index (χ1n) is 9.76. The molecule has 0 bridgehead atoms. The van der Waals surface area contributed by atoms with Crippen molar-refractivity contribution in [2.24, 2.45) is 0 Å². The highest BCUT2D eigenvalue weighted by atomic mass is 16.5. The minimum absolute atomic E-state index is 0.0378. The summed E-state index contributed by atoms with van der Waals surface area (Å²) in [6.45, 7) is 5.55. The maximum Gasteiger partial charge on any atom is 0.361 e. The summed E-state index contributed by atoms with van der Waals surface area (Å²) in [5, 5.41) is 7.71. The van der Waals surface area contributed by atoms with Crippen LogP contribution in [0.5, 0.6) is 0 Å². The second-order valence-corrected chi connectivity index (χ2v) is 6.86. The Morgan fingerprint density at radius 1 is 0.931 bits per heavy atom. The average molecular weight is 401 g/mol. The Morgan fingerprint density at radius 3 is 2.24 bits per heavy atom. The Bertz CT molecular complexity index is 816. The topological polar surface area (TPSA) is 89.8 Å². The van der Waals surface area contributed by atoms with Crippen LogP contribution in [0.3, 0.4) is 0 Å². The number of carbonyl (C=O) groups excluding carboxylic acids is 2. The van der Waals surface area contributed by atoms with Crippen LogP contribution in [0, 0.1) is 0 Å². The molecule has 0 radical (unpaired) electrons. The Morgan fingerprint density at radius 2 is 1.59 bits per heavy atom. The zero-order valence-electron chi connectivity index (χ0n) is 16.9. The van der Waals surface area contributed by atoms with Crippen LogP contribution < -0.4 is 4.90 Å². The number of hydrogen-bond donors (Lipinski definition) is 0. The van der Waals surface area contributed by atoms with E-state index in [1.54, 1.807) is 0 Å². The third kappa shape index (κ3) is 5.11. The normalized spacial score (nSPS) is 14.6. The van der Waals surface area contributed by atoms with Gasteiger partial charge < -0.3 is 14.4 Å². The van der Waals surface area contributed by atoms with Crippen LogP contribution in [0.15, 0.2) is 30.3 Å². The maximum atomic E-state index is 12.0. The minimum atomic E-state index is -0.701. The van der Waals surface area contributed by atoms with Crippen LogP contribution in [-0.4, -0.2) is 78.8 Å². The maximum absolute atomic E-state index is 12.0. The van der Waals surface area contributed by atoms with Crippen molar-refractivity contribution < 1.29 is 19.1 Å². The molecule has 1 aliphatic heterocycles. The third-order valence-corrected chi connectivity index (χ3v) is 5.08. The van der Waals surface area contributed by atoms with E-state index in [9.17, 15) is 9.59 Å². The number of esters is 2. The number of methoxy groups -OCH3 is 2. The predicted molar refractivity (Wildman–Crippen MR) is 107 cm³/mol.